The molecular formula is C14H15N3O2. The number of esters is 1. The average molecular weight is 257 g/mol. The van der Waals surface area contributed by atoms with Crippen LogP contribution in [0.2, 0.25) is 0 Å². The number of methoxy groups -OCH3 is 1. The first kappa shape index (κ1) is 13.0. The van der Waals surface area contributed by atoms with E-state index in [2.05, 4.69) is 32.2 Å². The summed E-state index contributed by atoms with van der Waals surface area (Å²) >= 11 is 0. The van der Waals surface area contributed by atoms with Crippen LogP contribution in [-0.4, -0.2) is 29.6 Å². The molecule has 0 aliphatic rings. The number of carbonyl (C=O) groups excluding carboxylic acids is 1. The zero-order valence-corrected chi connectivity index (χ0v) is 10.7. The zero-order chi connectivity index (χ0) is 13.5. The van der Waals surface area contributed by atoms with Gasteiger partial charge in [0.05, 0.1) is 7.11 Å². The van der Waals surface area contributed by atoms with E-state index in [-0.39, 0.29) is 5.82 Å². The van der Waals surface area contributed by atoms with Gasteiger partial charge in [0.1, 0.15) is 5.82 Å². The molecule has 19 heavy (non-hydrogen) atoms. The molecule has 98 valence electrons. The number of ether oxygens (including phenoxy) is 1. The summed E-state index contributed by atoms with van der Waals surface area (Å²) in [6, 6.07) is 11.9. The predicted octanol–water partition coefficient (Wildman–Crippen LogP) is 1.92. The largest absolute Gasteiger partial charge is 0.463 e. The summed E-state index contributed by atoms with van der Waals surface area (Å²) in [7, 11) is 1.31. The molecule has 0 saturated carbocycles. The molecule has 1 heterocycles. The third kappa shape index (κ3) is 3.77. The topological polar surface area (TPSA) is 64.1 Å². The molecule has 5 nitrogen and oxygen atoms in total. The van der Waals surface area contributed by atoms with Crippen molar-refractivity contribution in [1.82, 2.24) is 9.97 Å². The van der Waals surface area contributed by atoms with Crippen LogP contribution in [0.15, 0.2) is 42.6 Å². The second-order valence-corrected chi connectivity index (χ2v) is 3.92. The standard InChI is InChI=1S/C14H15N3O2/c1-19-14(18)13-16-10-8-12(17-13)15-9-7-11-5-3-2-4-6-11/h2-6,8,10H,7,9H2,1H3,(H,15,16,17). The van der Waals surface area contributed by atoms with Crippen LogP contribution in [-0.2, 0) is 11.2 Å². The number of nitrogens with one attached hydrogen (secondary N) is 1. The first-order valence-corrected chi connectivity index (χ1v) is 5.99. The minimum Gasteiger partial charge on any atom is -0.463 e. The SMILES string of the molecule is COC(=O)c1nccc(NCCc2ccccc2)n1. The third-order valence-electron chi connectivity index (χ3n) is 2.59. The van der Waals surface area contributed by atoms with Crippen molar-refractivity contribution >= 4 is 11.8 Å². The van der Waals surface area contributed by atoms with Gasteiger partial charge >= 0.3 is 5.97 Å². The maximum absolute atomic E-state index is 11.3. The summed E-state index contributed by atoms with van der Waals surface area (Å²) in [4.78, 5) is 19.2. The molecule has 0 amide bonds. The average Bonchev–Trinajstić information content (AvgIpc) is 2.48. The Morgan fingerprint density at radius 3 is 2.79 bits per heavy atom. The first-order chi connectivity index (χ1) is 9.29. The molecule has 0 bridgehead atoms. The van der Waals surface area contributed by atoms with E-state index in [0.29, 0.717) is 5.82 Å². The molecule has 5 heteroatoms. The Morgan fingerprint density at radius 2 is 2.05 bits per heavy atom. The highest BCUT2D eigenvalue weighted by molar-refractivity contribution is 5.85. The summed E-state index contributed by atoms with van der Waals surface area (Å²) in [6.45, 7) is 0.738. The molecule has 1 aromatic carbocycles. The molecule has 0 spiro atoms. The number of hydrogen-bond acceptors (Lipinski definition) is 5. The van der Waals surface area contributed by atoms with Gasteiger partial charge in [0, 0.05) is 12.7 Å². The highest BCUT2D eigenvalue weighted by Crippen LogP contribution is 2.04. The van der Waals surface area contributed by atoms with Gasteiger partial charge in [-0.3, -0.25) is 0 Å². The lowest BCUT2D eigenvalue weighted by Crippen LogP contribution is -2.11. The molecule has 2 aromatic rings. The Labute approximate surface area is 111 Å². The van der Waals surface area contributed by atoms with Gasteiger partial charge in [0.25, 0.3) is 0 Å². The third-order valence-corrected chi connectivity index (χ3v) is 2.59. The molecule has 0 radical (unpaired) electrons. The molecule has 0 fully saturated rings. The fourth-order valence-electron chi connectivity index (χ4n) is 1.63. The van der Waals surface area contributed by atoms with Gasteiger partial charge in [-0.25, -0.2) is 14.8 Å². The van der Waals surface area contributed by atoms with Crippen molar-refractivity contribution in [2.45, 2.75) is 6.42 Å². The number of aromatic nitrogens is 2. The summed E-state index contributed by atoms with van der Waals surface area (Å²) in [5.41, 5.74) is 1.25. The Balaban J connectivity index is 1.91. The Morgan fingerprint density at radius 1 is 1.26 bits per heavy atom. The molecule has 0 saturated heterocycles. The van der Waals surface area contributed by atoms with Crippen LogP contribution in [0, 0.1) is 0 Å². The van der Waals surface area contributed by atoms with Gasteiger partial charge in [-0.15, -0.1) is 0 Å². The number of carbonyl (C=O) groups is 1. The van der Waals surface area contributed by atoms with E-state index in [0.717, 1.165) is 13.0 Å². The van der Waals surface area contributed by atoms with Gasteiger partial charge in [0.2, 0.25) is 5.82 Å². The van der Waals surface area contributed by atoms with Crippen LogP contribution in [0.25, 0.3) is 0 Å². The Bertz CT molecular complexity index is 543. The van der Waals surface area contributed by atoms with Gasteiger partial charge in [0.15, 0.2) is 0 Å². The summed E-state index contributed by atoms with van der Waals surface area (Å²) < 4.78 is 4.57. The zero-order valence-electron chi connectivity index (χ0n) is 10.7. The highest BCUT2D eigenvalue weighted by Gasteiger charge is 2.08. The normalized spacial score (nSPS) is 9.95. The fourth-order valence-corrected chi connectivity index (χ4v) is 1.63. The lowest BCUT2D eigenvalue weighted by molar-refractivity contribution is 0.0587. The van der Waals surface area contributed by atoms with Crippen molar-refractivity contribution in [2.24, 2.45) is 0 Å². The van der Waals surface area contributed by atoms with Crippen LogP contribution >= 0.6 is 0 Å². The van der Waals surface area contributed by atoms with E-state index in [1.165, 1.54) is 18.9 Å². The van der Waals surface area contributed by atoms with E-state index in [1.54, 1.807) is 6.07 Å². The van der Waals surface area contributed by atoms with Crippen molar-refractivity contribution in [3.8, 4) is 0 Å². The molecule has 0 aliphatic carbocycles. The predicted molar refractivity (Wildman–Crippen MR) is 72.0 cm³/mol. The molecule has 0 aliphatic heterocycles. The molecule has 0 unspecified atom stereocenters. The number of benzene rings is 1. The van der Waals surface area contributed by atoms with E-state index in [4.69, 9.17) is 0 Å². The minimum absolute atomic E-state index is 0.0622. The number of anilines is 1. The van der Waals surface area contributed by atoms with Crippen LogP contribution in [0.4, 0.5) is 5.82 Å². The van der Waals surface area contributed by atoms with Crippen LogP contribution in [0.3, 0.4) is 0 Å². The first-order valence-electron chi connectivity index (χ1n) is 5.99. The van der Waals surface area contributed by atoms with E-state index < -0.39 is 5.97 Å². The molecular weight excluding hydrogens is 242 g/mol. The lowest BCUT2D eigenvalue weighted by Gasteiger charge is -2.06. The second kappa shape index (κ2) is 6.49. The van der Waals surface area contributed by atoms with Gasteiger partial charge in [-0.05, 0) is 18.1 Å². The Kier molecular flexibility index (Phi) is 4.44. The van der Waals surface area contributed by atoms with Crippen LogP contribution < -0.4 is 5.32 Å². The smallest absolute Gasteiger partial charge is 0.376 e. The Hall–Kier alpha value is -2.43. The van der Waals surface area contributed by atoms with E-state index >= 15 is 0 Å². The second-order valence-electron chi connectivity index (χ2n) is 3.92. The molecule has 2 rings (SSSR count). The lowest BCUT2D eigenvalue weighted by atomic mass is 10.1. The molecule has 1 N–H and O–H groups in total. The molecule has 1 aromatic heterocycles. The van der Waals surface area contributed by atoms with E-state index in [1.807, 2.05) is 18.2 Å². The maximum atomic E-state index is 11.3. The van der Waals surface area contributed by atoms with Crippen molar-refractivity contribution in [2.75, 3.05) is 19.0 Å². The number of rotatable bonds is 5. The number of nitrogens with zero attached hydrogens (tertiary/aromatic N) is 2. The van der Waals surface area contributed by atoms with Gasteiger partial charge in [-0.1, -0.05) is 30.3 Å². The van der Waals surface area contributed by atoms with Crippen LogP contribution in [0.5, 0.6) is 0 Å². The number of hydrogen-bond donors (Lipinski definition) is 1. The summed E-state index contributed by atoms with van der Waals surface area (Å²) in [6.07, 6.45) is 2.42. The maximum Gasteiger partial charge on any atom is 0.376 e. The van der Waals surface area contributed by atoms with E-state index in [9.17, 15) is 4.79 Å². The highest BCUT2D eigenvalue weighted by atomic mass is 16.5. The van der Waals surface area contributed by atoms with Crippen molar-refractivity contribution in [1.29, 1.82) is 0 Å². The summed E-state index contributed by atoms with van der Waals surface area (Å²) in [5.74, 6) is 0.144. The van der Waals surface area contributed by atoms with Crippen LogP contribution in [0.1, 0.15) is 16.2 Å². The van der Waals surface area contributed by atoms with Crippen molar-refractivity contribution in [3.05, 3.63) is 54.0 Å². The fraction of sp³-hybridized carbons (Fsp3) is 0.214. The van der Waals surface area contributed by atoms with Gasteiger partial charge < -0.3 is 10.1 Å². The quantitative estimate of drug-likeness (QED) is 0.829. The minimum atomic E-state index is -0.535. The summed E-state index contributed by atoms with van der Waals surface area (Å²) in [5, 5.41) is 3.15. The molecule has 0 atom stereocenters. The van der Waals surface area contributed by atoms with Crippen molar-refractivity contribution < 1.29 is 9.53 Å². The monoisotopic (exact) mass is 257 g/mol. The van der Waals surface area contributed by atoms with Crippen molar-refractivity contribution in [3.63, 3.8) is 0 Å². The van der Waals surface area contributed by atoms with Gasteiger partial charge in [-0.2, -0.15) is 0 Å².